The molecule has 0 saturated carbocycles. The predicted octanol–water partition coefficient (Wildman–Crippen LogP) is 3.62. The molecule has 1 N–H and O–H groups in total. The fourth-order valence-electron chi connectivity index (χ4n) is 2.23. The Bertz CT molecular complexity index is 360. The first-order valence-corrected chi connectivity index (χ1v) is 6.26. The molecule has 0 fully saturated rings. The lowest BCUT2D eigenvalue weighted by atomic mass is 9.86. The van der Waals surface area contributed by atoms with E-state index in [0.717, 1.165) is 30.5 Å². The van der Waals surface area contributed by atoms with Crippen molar-refractivity contribution < 1.29 is 4.39 Å². The molecule has 0 bridgehead atoms. The van der Waals surface area contributed by atoms with Gasteiger partial charge in [-0.25, -0.2) is 4.39 Å². The van der Waals surface area contributed by atoms with Gasteiger partial charge in [-0.3, -0.25) is 0 Å². The fraction of sp³-hybridized carbons (Fsp3) is 0.600. The van der Waals surface area contributed by atoms with E-state index in [1.807, 2.05) is 33.0 Å². The summed E-state index contributed by atoms with van der Waals surface area (Å²) in [6.07, 6.45) is 2.12. The molecule has 0 aromatic heterocycles. The van der Waals surface area contributed by atoms with Gasteiger partial charge in [-0.05, 0) is 62.4 Å². The Balaban J connectivity index is 2.70. The zero-order chi connectivity index (χ0) is 13.1. The third-order valence-corrected chi connectivity index (χ3v) is 3.24. The molecule has 0 aliphatic rings. The molecule has 0 amide bonds. The van der Waals surface area contributed by atoms with E-state index in [0.29, 0.717) is 0 Å². The first-order valence-electron chi connectivity index (χ1n) is 6.26. The van der Waals surface area contributed by atoms with Crippen LogP contribution in [0.1, 0.15) is 37.0 Å². The van der Waals surface area contributed by atoms with Gasteiger partial charge >= 0.3 is 0 Å². The highest BCUT2D eigenvalue weighted by Crippen LogP contribution is 2.23. The van der Waals surface area contributed by atoms with Crippen LogP contribution in [0, 0.1) is 25.1 Å². The summed E-state index contributed by atoms with van der Waals surface area (Å²) in [5, 5.41) is 3.22. The maximum atomic E-state index is 13.5. The highest BCUT2D eigenvalue weighted by Gasteiger charge is 2.16. The Hall–Kier alpha value is -0.890. The van der Waals surface area contributed by atoms with Gasteiger partial charge in [0.05, 0.1) is 0 Å². The van der Waals surface area contributed by atoms with Crippen molar-refractivity contribution in [2.24, 2.45) is 5.41 Å². The molecule has 1 aromatic rings. The summed E-state index contributed by atoms with van der Waals surface area (Å²) in [5.41, 5.74) is 3.04. The van der Waals surface area contributed by atoms with E-state index in [1.165, 1.54) is 5.56 Å². The third-order valence-electron chi connectivity index (χ3n) is 3.24. The summed E-state index contributed by atoms with van der Waals surface area (Å²) in [7, 11) is 1.98. The molecule has 0 spiro atoms. The molecule has 0 radical (unpaired) electrons. The Morgan fingerprint density at radius 2 is 1.71 bits per heavy atom. The predicted molar refractivity (Wildman–Crippen MR) is 71.9 cm³/mol. The van der Waals surface area contributed by atoms with Gasteiger partial charge in [0, 0.05) is 0 Å². The molecular weight excluding hydrogens is 213 g/mol. The van der Waals surface area contributed by atoms with Gasteiger partial charge in [-0.15, -0.1) is 0 Å². The molecule has 1 rings (SSSR count). The molecule has 0 saturated heterocycles. The van der Waals surface area contributed by atoms with Crippen molar-refractivity contribution in [3.63, 3.8) is 0 Å². The summed E-state index contributed by atoms with van der Waals surface area (Å²) >= 11 is 0. The average molecular weight is 237 g/mol. The van der Waals surface area contributed by atoms with E-state index < -0.39 is 0 Å². The van der Waals surface area contributed by atoms with Crippen molar-refractivity contribution in [1.82, 2.24) is 5.32 Å². The van der Waals surface area contributed by atoms with Crippen LogP contribution >= 0.6 is 0 Å². The number of nitrogens with one attached hydrogen (secondary N) is 1. The highest BCUT2D eigenvalue weighted by molar-refractivity contribution is 5.30. The number of aryl methyl sites for hydroxylation is 3. The fourth-order valence-corrected chi connectivity index (χ4v) is 2.23. The normalized spacial score (nSPS) is 11.9. The minimum absolute atomic E-state index is 0.0664. The summed E-state index contributed by atoms with van der Waals surface area (Å²) in [4.78, 5) is 0. The van der Waals surface area contributed by atoms with Crippen molar-refractivity contribution in [2.75, 3.05) is 13.6 Å². The van der Waals surface area contributed by atoms with Crippen LogP contribution in [0.5, 0.6) is 0 Å². The summed E-state index contributed by atoms with van der Waals surface area (Å²) in [6, 6.07) is 3.94. The summed E-state index contributed by atoms with van der Waals surface area (Å²) in [5.74, 6) is -0.0664. The van der Waals surface area contributed by atoms with Crippen LogP contribution in [0.15, 0.2) is 12.1 Å². The number of halogens is 1. The lowest BCUT2D eigenvalue weighted by molar-refractivity contribution is 0.324. The van der Waals surface area contributed by atoms with Crippen molar-refractivity contribution >= 4 is 0 Å². The van der Waals surface area contributed by atoms with Crippen LogP contribution in [-0.2, 0) is 6.42 Å². The minimum atomic E-state index is -0.0664. The minimum Gasteiger partial charge on any atom is -0.319 e. The quantitative estimate of drug-likeness (QED) is 0.824. The van der Waals surface area contributed by atoms with Crippen molar-refractivity contribution in [3.8, 4) is 0 Å². The van der Waals surface area contributed by atoms with E-state index in [1.54, 1.807) is 0 Å². The second kappa shape index (κ2) is 5.63. The van der Waals surface area contributed by atoms with Gasteiger partial charge in [-0.1, -0.05) is 26.0 Å². The van der Waals surface area contributed by atoms with Gasteiger partial charge < -0.3 is 5.32 Å². The molecule has 0 aliphatic heterocycles. The number of hydrogen-bond acceptors (Lipinski definition) is 1. The number of hydrogen-bond donors (Lipinski definition) is 1. The topological polar surface area (TPSA) is 12.0 Å². The summed E-state index contributed by atoms with van der Waals surface area (Å²) < 4.78 is 13.5. The monoisotopic (exact) mass is 237 g/mol. The zero-order valence-corrected chi connectivity index (χ0v) is 11.7. The first-order chi connectivity index (χ1) is 7.85. The molecule has 0 aliphatic carbocycles. The van der Waals surface area contributed by atoms with Crippen LogP contribution in [0.25, 0.3) is 0 Å². The van der Waals surface area contributed by atoms with E-state index in [4.69, 9.17) is 0 Å². The second-order valence-electron chi connectivity index (χ2n) is 5.74. The molecule has 0 heterocycles. The van der Waals surface area contributed by atoms with Crippen LogP contribution in [-0.4, -0.2) is 13.6 Å². The third kappa shape index (κ3) is 4.12. The molecule has 2 heteroatoms. The van der Waals surface area contributed by atoms with Crippen LogP contribution in [0.3, 0.4) is 0 Å². The molecule has 0 atom stereocenters. The molecule has 0 unspecified atom stereocenters. The summed E-state index contributed by atoms with van der Waals surface area (Å²) in [6.45, 7) is 9.20. The van der Waals surface area contributed by atoms with Gasteiger partial charge in [0.25, 0.3) is 0 Å². The maximum Gasteiger partial charge on any atom is 0.129 e. The SMILES string of the molecule is CNCC(C)(C)CCc1cc(C)c(F)c(C)c1. The maximum absolute atomic E-state index is 13.5. The lowest BCUT2D eigenvalue weighted by Gasteiger charge is -2.24. The van der Waals surface area contributed by atoms with Gasteiger partial charge in [-0.2, -0.15) is 0 Å². The number of rotatable bonds is 5. The second-order valence-corrected chi connectivity index (χ2v) is 5.74. The van der Waals surface area contributed by atoms with Gasteiger partial charge in [0.2, 0.25) is 0 Å². The van der Waals surface area contributed by atoms with E-state index in [-0.39, 0.29) is 11.2 Å². The smallest absolute Gasteiger partial charge is 0.129 e. The van der Waals surface area contributed by atoms with Gasteiger partial charge in [0.1, 0.15) is 5.82 Å². The molecule has 96 valence electrons. The Kier molecular flexibility index (Phi) is 4.70. The van der Waals surface area contributed by atoms with E-state index >= 15 is 0 Å². The highest BCUT2D eigenvalue weighted by atomic mass is 19.1. The number of benzene rings is 1. The average Bonchev–Trinajstić information content (AvgIpc) is 2.23. The largest absolute Gasteiger partial charge is 0.319 e. The Labute approximate surface area is 104 Å². The molecule has 1 nitrogen and oxygen atoms in total. The first kappa shape index (κ1) is 14.2. The molecule has 1 aromatic carbocycles. The van der Waals surface area contributed by atoms with E-state index in [2.05, 4.69) is 19.2 Å². The lowest BCUT2D eigenvalue weighted by Crippen LogP contribution is -2.27. The van der Waals surface area contributed by atoms with Gasteiger partial charge in [0.15, 0.2) is 0 Å². The molecule has 17 heavy (non-hydrogen) atoms. The Morgan fingerprint density at radius 1 is 1.18 bits per heavy atom. The Morgan fingerprint density at radius 3 is 2.18 bits per heavy atom. The van der Waals surface area contributed by atoms with Crippen LogP contribution < -0.4 is 5.32 Å². The van der Waals surface area contributed by atoms with Crippen LogP contribution in [0.2, 0.25) is 0 Å². The van der Waals surface area contributed by atoms with Crippen molar-refractivity contribution in [3.05, 3.63) is 34.6 Å². The van der Waals surface area contributed by atoms with Crippen molar-refractivity contribution in [2.45, 2.75) is 40.5 Å². The standard InChI is InChI=1S/C15H24FN/c1-11-8-13(9-12(2)14(11)16)6-7-15(3,4)10-17-5/h8-9,17H,6-7,10H2,1-5H3. The van der Waals surface area contributed by atoms with E-state index in [9.17, 15) is 4.39 Å². The van der Waals surface area contributed by atoms with Crippen molar-refractivity contribution in [1.29, 1.82) is 0 Å². The van der Waals surface area contributed by atoms with Crippen LogP contribution in [0.4, 0.5) is 4.39 Å². The zero-order valence-electron chi connectivity index (χ0n) is 11.7. The molecular formula is C15H24FN.